The minimum atomic E-state index is -0.607. The Kier molecular flexibility index (Phi) is 7.54. The van der Waals surface area contributed by atoms with Crippen LogP contribution < -0.4 is 15.0 Å². The Morgan fingerprint density at radius 1 is 1.29 bits per heavy atom. The van der Waals surface area contributed by atoms with Gasteiger partial charge in [-0.1, -0.05) is 12.1 Å². The number of para-hydroxylation sites is 1. The van der Waals surface area contributed by atoms with E-state index in [-0.39, 0.29) is 29.6 Å². The van der Waals surface area contributed by atoms with Crippen LogP contribution >= 0.6 is 0 Å². The topological polar surface area (TPSA) is 114 Å². The molecule has 0 aliphatic carbocycles. The van der Waals surface area contributed by atoms with Crippen LogP contribution in [0.3, 0.4) is 0 Å². The smallest absolute Gasteiger partial charge is 0.344 e. The van der Waals surface area contributed by atoms with Gasteiger partial charge in [-0.15, -0.1) is 0 Å². The van der Waals surface area contributed by atoms with Crippen molar-refractivity contribution in [3.05, 3.63) is 45.4 Å². The van der Waals surface area contributed by atoms with Crippen LogP contribution in [0.2, 0.25) is 0 Å². The van der Waals surface area contributed by atoms with E-state index in [1.54, 1.807) is 37.3 Å². The van der Waals surface area contributed by atoms with E-state index in [0.29, 0.717) is 23.7 Å². The molecule has 146 valence electrons. The van der Waals surface area contributed by atoms with E-state index in [0.717, 1.165) is 0 Å². The maximum atomic E-state index is 11.8. The maximum Gasteiger partial charge on any atom is 0.344 e. The van der Waals surface area contributed by atoms with Crippen molar-refractivity contribution in [2.75, 3.05) is 19.8 Å². The van der Waals surface area contributed by atoms with E-state index in [2.05, 4.69) is 9.97 Å². The van der Waals surface area contributed by atoms with Crippen molar-refractivity contribution in [2.45, 2.75) is 19.0 Å². The second-order valence-electron chi connectivity index (χ2n) is 5.28. The molecule has 0 aliphatic heterocycles. The summed E-state index contributed by atoms with van der Waals surface area (Å²) in [4.78, 5) is 29.8. The Morgan fingerprint density at radius 3 is 2.75 bits per heavy atom. The molecular formula is C19H18N3O5S-. The number of nitrogens with zero attached hydrogens (tertiary/aromatic N) is 2. The van der Waals surface area contributed by atoms with Gasteiger partial charge in [0.25, 0.3) is 5.56 Å². The molecule has 2 rings (SSSR count). The summed E-state index contributed by atoms with van der Waals surface area (Å²) < 4.78 is 16.0. The number of carbonyl (C=O) groups excluding carboxylic acids is 1. The molecule has 9 heteroatoms. The average Bonchev–Trinajstić information content (AvgIpc) is 2.65. The van der Waals surface area contributed by atoms with Gasteiger partial charge >= 0.3 is 5.97 Å². The molecule has 0 saturated heterocycles. The van der Waals surface area contributed by atoms with Crippen molar-refractivity contribution in [3.63, 3.8) is 0 Å². The molecule has 1 N–H and O–H groups in total. The molecule has 0 unspecified atom stereocenters. The number of ether oxygens (including phenoxy) is 3. The molecule has 0 saturated carbocycles. The molecule has 0 fully saturated rings. The van der Waals surface area contributed by atoms with Gasteiger partial charge < -0.3 is 31.8 Å². The summed E-state index contributed by atoms with van der Waals surface area (Å²) >= 11 is 4.90. The molecule has 0 radical (unpaired) electrons. The van der Waals surface area contributed by atoms with Crippen LogP contribution in [0.5, 0.6) is 11.5 Å². The lowest BCUT2D eigenvalue weighted by Gasteiger charge is -2.14. The lowest BCUT2D eigenvalue weighted by atomic mass is 10.1. The van der Waals surface area contributed by atoms with Crippen LogP contribution in [-0.4, -0.2) is 35.8 Å². The number of H-pyrrole nitrogens is 1. The second-order valence-corrected chi connectivity index (χ2v) is 5.66. The molecular weight excluding hydrogens is 382 g/mol. The fraction of sp³-hybridized carbons (Fsp3) is 0.263. The number of benzene rings is 1. The first kappa shape index (κ1) is 20.9. The fourth-order valence-electron chi connectivity index (χ4n) is 2.29. The summed E-state index contributed by atoms with van der Waals surface area (Å²) in [5.74, 6) is 0.260. The zero-order chi connectivity index (χ0) is 20.5. The van der Waals surface area contributed by atoms with E-state index >= 15 is 0 Å². The van der Waals surface area contributed by atoms with Crippen LogP contribution in [0, 0.1) is 11.3 Å². The van der Waals surface area contributed by atoms with Gasteiger partial charge in [0.15, 0.2) is 18.1 Å². The summed E-state index contributed by atoms with van der Waals surface area (Å²) in [6.07, 6.45) is 3.08. The molecule has 28 heavy (non-hydrogen) atoms. The Balaban J connectivity index is 2.41. The highest BCUT2D eigenvalue weighted by Gasteiger charge is 2.13. The van der Waals surface area contributed by atoms with E-state index in [1.807, 2.05) is 6.92 Å². The highest BCUT2D eigenvalue weighted by atomic mass is 32.1. The molecule has 1 heterocycles. The number of aromatic nitrogens is 2. The number of nitriles is 1. The van der Waals surface area contributed by atoms with Crippen LogP contribution in [0.4, 0.5) is 0 Å². The predicted octanol–water partition coefficient (Wildman–Crippen LogP) is 2.06. The van der Waals surface area contributed by atoms with Crippen LogP contribution in [0.25, 0.3) is 12.2 Å². The summed E-state index contributed by atoms with van der Waals surface area (Å²) in [6.45, 7) is 3.88. The zero-order valence-electron chi connectivity index (χ0n) is 15.4. The van der Waals surface area contributed by atoms with Crippen LogP contribution in [0.15, 0.2) is 28.2 Å². The molecule has 0 atom stereocenters. The summed E-state index contributed by atoms with van der Waals surface area (Å²) in [7, 11) is 0. The number of carbonyl (C=O) groups is 1. The van der Waals surface area contributed by atoms with Crippen molar-refractivity contribution in [2.24, 2.45) is 0 Å². The molecule has 1 aromatic carbocycles. The lowest BCUT2D eigenvalue weighted by Crippen LogP contribution is -2.15. The Labute approximate surface area is 167 Å². The molecule has 1 aromatic heterocycles. The van der Waals surface area contributed by atoms with Gasteiger partial charge in [0.1, 0.15) is 11.6 Å². The molecule has 0 bridgehead atoms. The summed E-state index contributed by atoms with van der Waals surface area (Å²) in [5, 5.41) is 9.16. The summed E-state index contributed by atoms with van der Waals surface area (Å²) in [6, 6.07) is 6.99. The standard InChI is InChI=1S/C19H19N3O5S/c1-3-25-15-7-5-6-12(17(15)27-11-16(23)26-4-2)8-9-14-13(10-20)18(24)22-19(28)21-14/h5-9H,3-4,11H2,1-2H3,(H2,21,22,24,28)/p-1/b9-8+. The quantitative estimate of drug-likeness (QED) is 0.407. The number of aromatic amines is 1. The van der Waals surface area contributed by atoms with Gasteiger partial charge in [0.05, 0.1) is 18.9 Å². The first-order valence-electron chi connectivity index (χ1n) is 8.43. The highest BCUT2D eigenvalue weighted by Crippen LogP contribution is 2.32. The Hall–Kier alpha value is -3.38. The van der Waals surface area contributed by atoms with Crippen molar-refractivity contribution >= 4 is 30.8 Å². The van der Waals surface area contributed by atoms with Crippen molar-refractivity contribution in [1.29, 1.82) is 5.26 Å². The van der Waals surface area contributed by atoms with Gasteiger partial charge in [-0.05, 0) is 37.2 Å². The van der Waals surface area contributed by atoms with Crippen molar-refractivity contribution < 1.29 is 19.0 Å². The van der Waals surface area contributed by atoms with E-state index in [4.69, 9.17) is 26.8 Å². The van der Waals surface area contributed by atoms with Crippen molar-refractivity contribution in [3.8, 4) is 17.6 Å². The minimum absolute atomic E-state index is 0.0227. The fourth-order valence-corrected chi connectivity index (χ4v) is 2.48. The molecule has 0 spiro atoms. The summed E-state index contributed by atoms with van der Waals surface area (Å²) in [5.41, 5.74) is -0.0645. The Morgan fingerprint density at radius 2 is 2.07 bits per heavy atom. The highest BCUT2D eigenvalue weighted by molar-refractivity contribution is 7.58. The lowest BCUT2D eigenvalue weighted by molar-refractivity contribution is -0.145. The zero-order valence-corrected chi connectivity index (χ0v) is 16.2. The van der Waals surface area contributed by atoms with Crippen LogP contribution in [-0.2, 0) is 22.2 Å². The SMILES string of the molecule is CCOC(=O)COc1c(/C=C/c2nc([S-])[nH]c(=O)c2C#N)cccc1OCC. The number of hydrogen-bond acceptors (Lipinski definition) is 8. The third-order valence-corrected chi connectivity index (χ3v) is 3.60. The molecule has 2 aromatic rings. The van der Waals surface area contributed by atoms with E-state index < -0.39 is 11.5 Å². The molecule has 0 amide bonds. The minimum Gasteiger partial charge on any atom is -0.742 e. The third-order valence-electron chi connectivity index (χ3n) is 3.41. The second kappa shape index (κ2) is 10.1. The van der Waals surface area contributed by atoms with Gasteiger partial charge in [-0.2, -0.15) is 5.26 Å². The predicted molar refractivity (Wildman–Crippen MR) is 104 cm³/mol. The van der Waals surface area contributed by atoms with E-state index in [9.17, 15) is 14.9 Å². The largest absolute Gasteiger partial charge is 0.742 e. The van der Waals surface area contributed by atoms with Gasteiger partial charge in [0.2, 0.25) is 0 Å². The Bertz CT molecular complexity index is 979. The monoisotopic (exact) mass is 400 g/mol. The molecule has 0 aliphatic rings. The normalized spacial score (nSPS) is 10.5. The maximum absolute atomic E-state index is 11.8. The van der Waals surface area contributed by atoms with Gasteiger partial charge in [0, 0.05) is 5.56 Å². The first-order chi connectivity index (χ1) is 13.5. The number of rotatable bonds is 8. The molecule has 8 nitrogen and oxygen atoms in total. The third kappa shape index (κ3) is 5.31. The van der Waals surface area contributed by atoms with Gasteiger partial charge in [-0.25, -0.2) is 4.79 Å². The van der Waals surface area contributed by atoms with Gasteiger partial charge in [-0.3, -0.25) is 9.78 Å². The number of hydrogen-bond donors (Lipinski definition) is 1. The number of esters is 1. The van der Waals surface area contributed by atoms with Crippen LogP contribution in [0.1, 0.15) is 30.7 Å². The number of nitrogens with one attached hydrogen (secondary N) is 1. The first-order valence-corrected chi connectivity index (χ1v) is 8.84. The average molecular weight is 400 g/mol. The van der Waals surface area contributed by atoms with E-state index in [1.165, 1.54) is 6.08 Å². The van der Waals surface area contributed by atoms with Crippen molar-refractivity contribution in [1.82, 2.24) is 9.97 Å².